The Hall–Kier alpha value is -2.20. The Morgan fingerprint density at radius 3 is 2.16 bits per heavy atom. The molecule has 162 valence electrons. The maximum absolute atomic E-state index is 12.4. The molecule has 0 spiro atoms. The van der Waals surface area contributed by atoms with E-state index >= 15 is 0 Å². The number of carbonyl (C=O) groups is 1. The van der Waals surface area contributed by atoms with Gasteiger partial charge < -0.3 is 15.4 Å². The van der Waals surface area contributed by atoms with Crippen LogP contribution in [0.2, 0.25) is 20.1 Å². The maximum atomic E-state index is 12.4. The molecular weight excluding hydrogens is 510 g/mol. The van der Waals surface area contributed by atoms with Crippen LogP contribution in [0, 0.1) is 0 Å². The molecule has 0 saturated heterocycles. The van der Waals surface area contributed by atoms with Gasteiger partial charge in [-0.3, -0.25) is 4.55 Å². The zero-order valence-electron chi connectivity index (χ0n) is 15.2. The molecule has 0 aliphatic carbocycles. The molecule has 0 saturated carbocycles. The van der Waals surface area contributed by atoms with E-state index in [1.807, 2.05) is 0 Å². The Morgan fingerprint density at radius 1 is 0.871 bits per heavy atom. The highest BCUT2D eigenvalue weighted by atomic mass is 35.5. The topological polar surface area (TPSA) is 105 Å². The number of rotatable bonds is 5. The third-order valence-electron chi connectivity index (χ3n) is 3.80. The van der Waals surface area contributed by atoms with E-state index in [-0.39, 0.29) is 32.2 Å². The van der Waals surface area contributed by atoms with Crippen molar-refractivity contribution >= 4 is 73.9 Å². The van der Waals surface area contributed by atoms with Crippen LogP contribution in [0.15, 0.2) is 59.5 Å². The zero-order valence-corrected chi connectivity index (χ0v) is 19.0. The van der Waals surface area contributed by atoms with Crippen LogP contribution in [0.4, 0.5) is 16.2 Å². The number of benzene rings is 3. The van der Waals surface area contributed by atoms with Crippen LogP contribution >= 0.6 is 46.4 Å². The summed E-state index contributed by atoms with van der Waals surface area (Å²) < 4.78 is 38.9. The summed E-state index contributed by atoms with van der Waals surface area (Å²) in [6.07, 6.45) is 0. The van der Waals surface area contributed by atoms with E-state index in [1.165, 1.54) is 12.1 Å². The van der Waals surface area contributed by atoms with Crippen molar-refractivity contribution in [2.45, 2.75) is 4.90 Å². The number of amides is 2. The summed E-state index contributed by atoms with van der Waals surface area (Å²) in [6, 6.07) is 12.1. The molecule has 31 heavy (non-hydrogen) atoms. The Morgan fingerprint density at radius 2 is 1.52 bits per heavy atom. The molecular formula is C19H12Cl4N2O5S. The average Bonchev–Trinajstić information content (AvgIpc) is 2.68. The number of anilines is 2. The van der Waals surface area contributed by atoms with Crippen LogP contribution in [-0.4, -0.2) is 19.0 Å². The molecule has 0 aliphatic heterocycles. The molecule has 3 N–H and O–H groups in total. The van der Waals surface area contributed by atoms with Gasteiger partial charge in [0.25, 0.3) is 10.1 Å². The Balaban J connectivity index is 1.90. The van der Waals surface area contributed by atoms with Gasteiger partial charge in [-0.2, -0.15) is 8.42 Å². The summed E-state index contributed by atoms with van der Waals surface area (Å²) >= 11 is 23.9. The highest BCUT2D eigenvalue weighted by Gasteiger charge is 2.22. The van der Waals surface area contributed by atoms with Gasteiger partial charge in [-0.25, -0.2) is 4.79 Å². The van der Waals surface area contributed by atoms with Crippen molar-refractivity contribution in [2.24, 2.45) is 0 Å². The van der Waals surface area contributed by atoms with E-state index in [2.05, 4.69) is 10.6 Å². The standard InChI is InChI=1S/C19H12Cl4N2O5S/c20-10-4-6-11(7-5-10)30-16-9-17(31(27,28)29)15(8-13(16)22)25-19(26)24-14-3-1-2-12(21)18(14)23/h1-9H,(H2,24,25,26)(H,27,28,29). The van der Waals surface area contributed by atoms with Crippen LogP contribution in [0.25, 0.3) is 0 Å². The van der Waals surface area contributed by atoms with Gasteiger partial charge in [-0.05, 0) is 42.5 Å². The molecule has 0 fully saturated rings. The lowest BCUT2D eigenvalue weighted by atomic mass is 10.3. The quantitative estimate of drug-likeness (QED) is 0.314. The van der Waals surface area contributed by atoms with Crippen molar-refractivity contribution < 1.29 is 22.5 Å². The second kappa shape index (κ2) is 9.52. The predicted molar refractivity (Wildman–Crippen MR) is 122 cm³/mol. The summed E-state index contributed by atoms with van der Waals surface area (Å²) in [5.41, 5.74) is -0.0968. The average molecular weight is 522 g/mol. The fourth-order valence-corrected chi connectivity index (χ4v) is 3.75. The first-order valence-corrected chi connectivity index (χ1v) is 11.3. The van der Waals surface area contributed by atoms with Gasteiger partial charge in [0.15, 0.2) is 0 Å². The highest BCUT2D eigenvalue weighted by Crippen LogP contribution is 2.37. The van der Waals surface area contributed by atoms with Gasteiger partial charge in [0.05, 0.1) is 26.4 Å². The predicted octanol–water partition coefficient (Wildman–Crippen LogP) is 6.98. The number of carbonyl (C=O) groups excluding carboxylic acids is 1. The monoisotopic (exact) mass is 520 g/mol. The SMILES string of the molecule is O=C(Nc1cc(Cl)c(Oc2ccc(Cl)cc2)cc1S(=O)(=O)O)Nc1cccc(Cl)c1Cl. The number of nitrogens with one attached hydrogen (secondary N) is 2. The molecule has 3 rings (SSSR count). The van der Waals surface area contributed by atoms with E-state index in [1.54, 1.807) is 30.3 Å². The zero-order chi connectivity index (χ0) is 22.8. The minimum Gasteiger partial charge on any atom is -0.456 e. The molecule has 7 nitrogen and oxygen atoms in total. The summed E-state index contributed by atoms with van der Waals surface area (Å²) in [7, 11) is -4.75. The normalized spacial score (nSPS) is 11.1. The Labute approximate surface area is 197 Å². The Kier molecular flexibility index (Phi) is 7.20. The van der Waals surface area contributed by atoms with E-state index in [0.717, 1.165) is 12.1 Å². The van der Waals surface area contributed by atoms with Crippen molar-refractivity contribution in [2.75, 3.05) is 10.6 Å². The van der Waals surface area contributed by atoms with Gasteiger partial charge in [0.1, 0.15) is 16.4 Å². The van der Waals surface area contributed by atoms with Gasteiger partial charge in [-0.15, -0.1) is 0 Å². The molecule has 0 bridgehead atoms. The summed E-state index contributed by atoms with van der Waals surface area (Å²) in [5.74, 6) is 0.252. The number of ether oxygens (including phenoxy) is 1. The van der Waals surface area contributed by atoms with Gasteiger partial charge in [0.2, 0.25) is 0 Å². The summed E-state index contributed by atoms with van der Waals surface area (Å²) in [4.78, 5) is 11.7. The number of hydrogen-bond donors (Lipinski definition) is 3. The van der Waals surface area contributed by atoms with Crippen LogP contribution in [0.3, 0.4) is 0 Å². The molecule has 0 atom stereocenters. The molecule has 0 unspecified atom stereocenters. The molecule has 0 radical (unpaired) electrons. The maximum Gasteiger partial charge on any atom is 0.323 e. The molecule has 0 aliphatic rings. The van der Waals surface area contributed by atoms with Crippen LogP contribution in [-0.2, 0) is 10.1 Å². The van der Waals surface area contributed by atoms with Crippen molar-refractivity contribution in [3.05, 3.63) is 74.7 Å². The van der Waals surface area contributed by atoms with E-state index in [4.69, 9.17) is 51.1 Å². The molecule has 12 heteroatoms. The number of hydrogen-bond acceptors (Lipinski definition) is 4. The first kappa shape index (κ1) is 23.5. The molecule has 0 aromatic heterocycles. The second-order valence-electron chi connectivity index (χ2n) is 5.99. The minimum atomic E-state index is -4.75. The Bertz CT molecular complexity index is 1250. The fourth-order valence-electron chi connectivity index (χ4n) is 2.43. The van der Waals surface area contributed by atoms with Crippen LogP contribution in [0.1, 0.15) is 0 Å². The van der Waals surface area contributed by atoms with Gasteiger partial charge >= 0.3 is 6.03 Å². The van der Waals surface area contributed by atoms with Crippen LogP contribution < -0.4 is 15.4 Å². The molecule has 3 aromatic rings. The third kappa shape index (κ3) is 5.94. The lowest BCUT2D eigenvalue weighted by Crippen LogP contribution is -2.21. The lowest BCUT2D eigenvalue weighted by molar-refractivity contribution is 0.262. The first-order valence-electron chi connectivity index (χ1n) is 8.31. The van der Waals surface area contributed by atoms with Crippen molar-refractivity contribution in [3.63, 3.8) is 0 Å². The van der Waals surface area contributed by atoms with E-state index in [0.29, 0.717) is 10.8 Å². The van der Waals surface area contributed by atoms with Gasteiger partial charge in [0, 0.05) is 11.1 Å². The fraction of sp³-hybridized carbons (Fsp3) is 0. The second-order valence-corrected chi connectivity index (χ2v) is 9.01. The smallest absolute Gasteiger partial charge is 0.323 e. The van der Waals surface area contributed by atoms with Crippen LogP contribution in [0.5, 0.6) is 11.5 Å². The van der Waals surface area contributed by atoms with E-state index in [9.17, 15) is 17.8 Å². The van der Waals surface area contributed by atoms with Crippen molar-refractivity contribution in [1.82, 2.24) is 0 Å². The number of urea groups is 1. The molecule has 3 aromatic carbocycles. The van der Waals surface area contributed by atoms with Gasteiger partial charge in [-0.1, -0.05) is 52.5 Å². The van der Waals surface area contributed by atoms with E-state index < -0.39 is 21.0 Å². The summed E-state index contributed by atoms with van der Waals surface area (Å²) in [5, 5.41) is 5.49. The van der Waals surface area contributed by atoms with Crippen molar-refractivity contribution in [3.8, 4) is 11.5 Å². The molecule has 0 heterocycles. The van der Waals surface area contributed by atoms with Crippen molar-refractivity contribution in [1.29, 1.82) is 0 Å². The number of halogens is 4. The molecule has 2 amide bonds. The largest absolute Gasteiger partial charge is 0.456 e. The highest BCUT2D eigenvalue weighted by molar-refractivity contribution is 7.86. The lowest BCUT2D eigenvalue weighted by Gasteiger charge is -2.15. The summed E-state index contributed by atoms with van der Waals surface area (Å²) in [6.45, 7) is 0. The first-order chi connectivity index (χ1) is 14.5. The minimum absolute atomic E-state index is 0.0292. The third-order valence-corrected chi connectivity index (χ3v) is 6.06.